The first-order chi connectivity index (χ1) is 15.6. The van der Waals surface area contributed by atoms with E-state index >= 15 is 0 Å². The minimum atomic E-state index is -4.78. The van der Waals surface area contributed by atoms with E-state index in [-0.39, 0.29) is 41.9 Å². The van der Waals surface area contributed by atoms with Crippen LogP contribution < -0.4 is 4.90 Å². The molecule has 2 aromatic heterocycles. The Kier molecular flexibility index (Phi) is 7.02. The van der Waals surface area contributed by atoms with Crippen LogP contribution in [0, 0.1) is 0 Å². The Labute approximate surface area is 195 Å². The Hall–Kier alpha value is -2.64. The third-order valence-electron chi connectivity index (χ3n) is 4.90. The number of amides is 1. The van der Waals surface area contributed by atoms with E-state index in [9.17, 15) is 31.1 Å². The maximum Gasteiger partial charge on any atom is 0.451 e. The third-order valence-corrected chi connectivity index (χ3v) is 6.06. The number of ether oxygens (including phenoxy) is 1. The molecule has 1 fully saturated rings. The monoisotopic (exact) mass is 511 g/mol. The van der Waals surface area contributed by atoms with Crippen molar-refractivity contribution in [1.82, 2.24) is 19.9 Å². The number of hydrogen-bond acceptors (Lipinski definition) is 7. The topological polar surface area (TPSA) is 71.5 Å². The molecule has 0 aromatic carbocycles. The minimum absolute atomic E-state index is 0.0719. The van der Waals surface area contributed by atoms with Gasteiger partial charge in [0.1, 0.15) is 16.3 Å². The predicted molar refractivity (Wildman–Crippen MR) is 112 cm³/mol. The molecule has 3 rings (SSSR count). The second-order valence-electron chi connectivity index (χ2n) is 8.65. The number of rotatable bonds is 3. The fourth-order valence-electron chi connectivity index (χ4n) is 3.38. The summed E-state index contributed by atoms with van der Waals surface area (Å²) in [6.45, 7) is 7.61. The lowest BCUT2D eigenvalue weighted by molar-refractivity contribution is -0.145. The van der Waals surface area contributed by atoms with Crippen LogP contribution in [-0.4, -0.2) is 57.2 Å². The molecule has 0 radical (unpaired) electrons. The van der Waals surface area contributed by atoms with Crippen molar-refractivity contribution in [2.75, 3.05) is 24.5 Å². The summed E-state index contributed by atoms with van der Waals surface area (Å²) in [6.07, 6.45) is -7.92. The number of halogens is 6. The standard InChI is InChI=1S/C20H23F6N5O2S/c1-5-12-10-30(6-7-31(12)17(32)33-18(2,3)4)14-13(29-16(34-14)20(24,25)26)11-8-27-15(28-9-11)19(21,22)23/h8-9,12H,5-7,10H2,1-4H3/t12-/m1/s1. The van der Waals surface area contributed by atoms with Gasteiger partial charge >= 0.3 is 18.4 Å². The van der Waals surface area contributed by atoms with Crippen molar-refractivity contribution in [3.63, 3.8) is 0 Å². The van der Waals surface area contributed by atoms with Gasteiger partial charge in [0.05, 0.1) is 6.04 Å². The summed E-state index contributed by atoms with van der Waals surface area (Å²) in [6, 6.07) is -0.350. The molecule has 7 nitrogen and oxygen atoms in total. The van der Waals surface area contributed by atoms with E-state index in [1.165, 1.54) is 4.90 Å². The summed E-state index contributed by atoms with van der Waals surface area (Å²) in [5, 5.41) is -1.02. The average molecular weight is 511 g/mol. The molecular formula is C20H23F6N5O2S. The smallest absolute Gasteiger partial charge is 0.444 e. The number of carbonyl (C=O) groups excluding carboxylic acids is 1. The van der Waals surface area contributed by atoms with Crippen LogP contribution in [0.1, 0.15) is 44.9 Å². The molecule has 0 saturated carbocycles. The highest BCUT2D eigenvalue weighted by Crippen LogP contribution is 2.43. The molecule has 0 spiro atoms. The highest BCUT2D eigenvalue weighted by Gasteiger charge is 2.40. The van der Waals surface area contributed by atoms with E-state index in [1.54, 1.807) is 25.7 Å². The molecule has 1 aliphatic heterocycles. The largest absolute Gasteiger partial charge is 0.451 e. The molecule has 0 unspecified atom stereocenters. The Morgan fingerprint density at radius 1 is 1.09 bits per heavy atom. The lowest BCUT2D eigenvalue weighted by atomic mass is 10.1. The summed E-state index contributed by atoms with van der Waals surface area (Å²) in [7, 11) is 0. The Morgan fingerprint density at radius 2 is 1.71 bits per heavy atom. The molecule has 0 bridgehead atoms. The van der Waals surface area contributed by atoms with Gasteiger partial charge in [-0.15, -0.1) is 0 Å². The van der Waals surface area contributed by atoms with Gasteiger partial charge in [0.25, 0.3) is 0 Å². The molecule has 1 saturated heterocycles. The molecule has 3 heterocycles. The number of hydrogen-bond donors (Lipinski definition) is 0. The quantitative estimate of drug-likeness (QED) is 0.509. The van der Waals surface area contributed by atoms with E-state index < -0.39 is 34.9 Å². The molecule has 14 heteroatoms. The number of carbonyl (C=O) groups is 1. The van der Waals surface area contributed by atoms with Crippen molar-refractivity contribution < 1.29 is 35.9 Å². The number of anilines is 1. The maximum absolute atomic E-state index is 13.4. The maximum atomic E-state index is 13.4. The van der Waals surface area contributed by atoms with Gasteiger partial charge in [-0.05, 0) is 27.2 Å². The number of aromatic nitrogens is 3. The fraction of sp³-hybridized carbons (Fsp3) is 0.600. The SMILES string of the molecule is CC[C@@H]1CN(c2sc(C(F)(F)F)nc2-c2cnc(C(F)(F)F)nc2)CCN1C(=O)OC(C)(C)C. The zero-order chi connectivity index (χ0) is 25.5. The second-order valence-corrected chi connectivity index (χ2v) is 9.62. The molecule has 0 aliphatic carbocycles. The van der Waals surface area contributed by atoms with Crippen LogP contribution in [0.15, 0.2) is 12.4 Å². The van der Waals surface area contributed by atoms with Gasteiger partial charge in [0, 0.05) is 37.6 Å². The predicted octanol–water partition coefficient (Wildman–Crippen LogP) is 5.47. The van der Waals surface area contributed by atoms with E-state index in [2.05, 4.69) is 15.0 Å². The number of alkyl halides is 6. The molecular weight excluding hydrogens is 488 g/mol. The molecule has 2 aromatic rings. The summed E-state index contributed by atoms with van der Waals surface area (Å²) >= 11 is 0.387. The number of nitrogens with zero attached hydrogens (tertiary/aromatic N) is 5. The first-order valence-corrected chi connectivity index (χ1v) is 11.1. The molecule has 1 atom stereocenters. The zero-order valence-electron chi connectivity index (χ0n) is 18.8. The van der Waals surface area contributed by atoms with Crippen molar-refractivity contribution >= 4 is 22.4 Å². The lowest BCUT2D eigenvalue weighted by Gasteiger charge is -2.42. The van der Waals surface area contributed by atoms with E-state index in [1.807, 2.05) is 6.92 Å². The van der Waals surface area contributed by atoms with Crippen LogP contribution in [-0.2, 0) is 17.1 Å². The van der Waals surface area contributed by atoms with E-state index in [4.69, 9.17) is 4.74 Å². The van der Waals surface area contributed by atoms with Crippen molar-refractivity contribution in [2.24, 2.45) is 0 Å². The van der Waals surface area contributed by atoms with Gasteiger partial charge < -0.3 is 14.5 Å². The summed E-state index contributed by atoms with van der Waals surface area (Å²) < 4.78 is 84.1. The van der Waals surface area contributed by atoms with Gasteiger partial charge in [0.2, 0.25) is 10.8 Å². The van der Waals surface area contributed by atoms with Gasteiger partial charge in [-0.2, -0.15) is 26.3 Å². The van der Waals surface area contributed by atoms with Crippen molar-refractivity contribution in [1.29, 1.82) is 0 Å². The third kappa shape index (κ3) is 5.88. The van der Waals surface area contributed by atoms with Crippen LogP contribution in [0.25, 0.3) is 11.3 Å². The Bertz CT molecular complexity index is 1020. The van der Waals surface area contributed by atoms with Crippen LogP contribution in [0.4, 0.5) is 36.1 Å². The zero-order valence-corrected chi connectivity index (χ0v) is 19.6. The Morgan fingerprint density at radius 3 is 2.21 bits per heavy atom. The van der Waals surface area contributed by atoms with E-state index in [0.717, 1.165) is 12.4 Å². The first-order valence-electron chi connectivity index (χ1n) is 10.3. The van der Waals surface area contributed by atoms with Gasteiger partial charge in [0.15, 0.2) is 0 Å². The second kappa shape index (κ2) is 9.19. The van der Waals surface area contributed by atoms with Crippen LogP contribution in [0.5, 0.6) is 0 Å². The highest BCUT2D eigenvalue weighted by atomic mass is 32.1. The molecule has 0 N–H and O–H groups in total. The number of thiazole rings is 1. The minimum Gasteiger partial charge on any atom is -0.444 e. The number of piperazine rings is 1. The van der Waals surface area contributed by atoms with Crippen LogP contribution >= 0.6 is 11.3 Å². The molecule has 188 valence electrons. The molecule has 1 aliphatic rings. The van der Waals surface area contributed by atoms with E-state index in [0.29, 0.717) is 17.8 Å². The molecule has 1 amide bonds. The van der Waals surface area contributed by atoms with Crippen LogP contribution in [0.2, 0.25) is 0 Å². The summed E-state index contributed by atoms with van der Waals surface area (Å²) in [4.78, 5) is 25.9. The van der Waals surface area contributed by atoms with Gasteiger partial charge in [-0.25, -0.2) is 19.7 Å². The summed E-state index contributed by atoms with van der Waals surface area (Å²) in [5.41, 5.74) is -0.939. The first kappa shape index (κ1) is 26.0. The van der Waals surface area contributed by atoms with Crippen molar-refractivity contribution in [3.05, 3.63) is 23.2 Å². The highest BCUT2D eigenvalue weighted by molar-refractivity contribution is 7.16. The van der Waals surface area contributed by atoms with Crippen LogP contribution in [0.3, 0.4) is 0 Å². The van der Waals surface area contributed by atoms with Gasteiger partial charge in [-0.3, -0.25) is 0 Å². The lowest BCUT2D eigenvalue weighted by Crippen LogP contribution is -2.56. The van der Waals surface area contributed by atoms with Crippen molar-refractivity contribution in [3.8, 4) is 11.3 Å². The molecule has 34 heavy (non-hydrogen) atoms. The fourth-order valence-corrected chi connectivity index (χ4v) is 4.37. The Balaban J connectivity index is 1.93. The van der Waals surface area contributed by atoms with Crippen molar-refractivity contribution in [2.45, 2.75) is 58.1 Å². The van der Waals surface area contributed by atoms with Gasteiger partial charge in [-0.1, -0.05) is 18.3 Å². The average Bonchev–Trinajstić information content (AvgIpc) is 3.17. The normalized spacial score (nSPS) is 17.8. The summed E-state index contributed by atoms with van der Waals surface area (Å²) in [5.74, 6) is -1.40.